The minimum absolute atomic E-state index is 0.0697. The summed E-state index contributed by atoms with van der Waals surface area (Å²) in [4.78, 5) is 24.3. The second-order valence-corrected chi connectivity index (χ2v) is 12.4. The van der Waals surface area contributed by atoms with Gasteiger partial charge in [-0.05, 0) is 92.5 Å². The standard InChI is InChI=1S/C21H30O5.C9H13NO3/c1-19-7-5-13(23)9-12(19)3-4-14-15-6-8-21(26,17(25)11-22)20(15,2)10-16(24)18(14)19;1-10-5-9(13)6-2-3-7(11)8(12)4-6/h9,14-16,18,22,24,26H,3-8,10-11H2,1-2H3;2-4,9-13H,5H2,1H3/t14-,15-,16-,18+,19-,20-,21-;9-/m00/s1. The molecule has 1 aromatic carbocycles. The number of aliphatic hydroxyl groups excluding tert-OH is 3. The minimum Gasteiger partial charge on any atom is -0.504 e. The van der Waals surface area contributed by atoms with Gasteiger partial charge in [0.25, 0.3) is 0 Å². The van der Waals surface area contributed by atoms with E-state index in [-0.39, 0.29) is 40.5 Å². The smallest absolute Gasteiger partial charge is 0.190 e. The number of fused-ring (bicyclic) bond motifs is 5. The van der Waals surface area contributed by atoms with Gasteiger partial charge in [-0.25, -0.2) is 0 Å². The van der Waals surface area contributed by atoms with Crippen LogP contribution < -0.4 is 5.32 Å². The molecule has 1 aromatic rings. The lowest BCUT2D eigenvalue weighted by atomic mass is 9.45. The van der Waals surface area contributed by atoms with Crippen molar-refractivity contribution in [1.29, 1.82) is 0 Å². The molecule has 4 aliphatic rings. The van der Waals surface area contributed by atoms with E-state index in [0.29, 0.717) is 31.4 Å². The van der Waals surface area contributed by atoms with Crippen LogP contribution in [0, 0.1) is 28.6 Å². The topological polar surface area (TPSA) is 168 Å². The molecular weight excluding hydrogens is 502 g/mol. The zero-order valence-electron chi connectivity index (χ0n) is 23.1. The summed E-state index contributed by atoms with van der Waals surface area (Å²) in [6, 6.07) is 4.26. The highest BCUT2D eigenvalue weighted by Crippen LogP contribution is 2.67. The van der Waals surface area contributed by atoms with Crippen molar-refractivity contribution < 1.29 is 40.2 Å². The fraction of sp³-hybridized carbons (Fsp3) is 0.667. The highest BCUT2D eigenvalue weighted by Gasteiger charge is 2.68. The third kappa shape index (κ3) is 4.93. The maximum Gasteiger partial charge on any atom is 0.190 e. The maximum atomic E-state index is 12.4. The first-order valence-electron chi connectivity index (χ1n) is 14.0. The summed E-state index contributed by atoms with van der Waals surface area (Å²) in [6.45, 7) is 3.86. The van der Waals surface area contributed by atoms with E-state index in [4.69, 9.17) is 10.2 Å². The predicted molar refractivity (Wildman–Crippen MR) is 144 cm³/mol. The number of rotatable bonds is 5. The molecule has 0 spiro atoms. The summed E-state index contributed by atoms with van der Waals surface area (Å²) in [5.74, 6) is -0.255. The number of allylic oxidation sites excluding steroid dienone is 1. The van der Waals surface area contributed by atoms with E-state index in [1.807, 2.05) is 6.92 Å². The molecule has 4 aliphatic carbocycles. The molecule has 0 heterocycles. The van der Waals surface area contributed by atoms with Crippen LogP contribution in [0.3, 0.4) is 0 Å². The Balaban J connectivity index is 0.000000229. The van der Waals surface area contributed by atoms with Gasteiger partial charge in [0, 0.05) is 18.4 Å². The number of nitrogens with one attached hydrogen (secondary N) is 1. The van der Waals surface area contributed by atoms with Gasteiger partial charge >= 0.3 is 0 Å². The van der Waals surface area contributed by atoms with Crippen LogP contribution in [-0.2, 0) is 9.59 Å². The molecule has 39 heavy (non-hydrogen) atoms. The number of carbonyl (C=O) groups excluding carboxylic acids is 2. The number of Topliss-reactive ketones (excluding diaryl/α,β-unsaturated/α-hetero) is 1. The third-order valence-electron chi connectivity index (χ3n) is 10.4. The number of aromatic hydroxyl groups is 2. The quantitative estimate of drug-likeness (QED) is 0.274. The Hall–Kier alpha value is -2.30. The van der Waals surface area contributed by atoms with Crippen LogP contribution in [0.25, 0.3) is 0 Å². The molecule has 216 valence electrons. The van der Waals surface area contributed by atoms with Crippen molar-refractivity contribution in [3.8, 4) is 11.5 Å². The first kappa shape index (κ1) is 29.7. The number of carbonyl (C=O) groups is 2. The van der Waals surface area contributed by atoms with Gasteiger partial charge in [0.05, 0.1) is 12.2 Å². The molecule has 9 heteroatoms. The molecule has 5 rings (SSSR count). The van der Waals surface area contributed by atoms with Gasteiger partial charge in [-0.1, -0.05) is 25.5 Å². The average molecular weight is 546 g/mol. The van der Waals surface area contributed by atoms with Gasteiger partial charge in [0.1, 0.15) is 12.2 Å². The van der Waals surface area contributed by atoms with Gasteiger partial charge in [0.15, 0.2) is 23.1 Å². The van der Waals surface area contributed by atoms with Crippen molar-refractivity contribution in [2.45, 2.75) is 76.6 Å². The summed E-state index contributed by atoms with van der Waals surface area (Å²) in [7, 11) is 1.73. The Kier molecular flexibility index (Phi) is 8.32. The van der Waals surface area contributed by atoms with E-state index in [2.05, 4.69) is 12.2 Å². The Bertz CT molecular complexity index is 1140. The van der Waals surface area contributed by atoms with Crippen LogP contribution in [0.4, 0.5) is 0 Å². The molecule has 0 saturated heterocycles. The second-order valence-electron chi connectivity index (χ2n) is 12.4. The Labute approximate surface area is 229 Å². The first-order chi connectivity index (χ1) is 18.3. The lowest BCUT2D eigenvalue weighted by molar-refractivity contribution is -0.182. The molecule has 3 saturated carbocycles. The van der Waals surface area contributed by atoms with Crippen LogP contribution in [0.1, 0.15) is 70.5 Å². The molecule has 9 nitrogen and oxygen atoms in total. The number of phenols is 2. The monoisotopic (exact) mass is 545 g/mol. The fourth-order valence-corrected chi connectivity index (χ4v) is 8.34. The molecule has 0 unspecified atom stereocenters. The molecule has 0 radical (unpaired) electrons. The van der Waals surface area contributed by atoms with Gasteiger partial charge in [-0.15, -0.1) is 0 Å². The highest BCUT2D eigenvalue weighted by molar-refractivity contribution is 5.91. The van der Waals surface area contributed by atoms with E-state index in [9.17, 15) is 30.0 Å². The Morgan fingerprint density at radius 3 is 2.49 bits per heavy atom. The molecule has 0 aromatic heterocycles. The van der Waals surface area contributed by atoms with Crippen LogP contribution >= 0.6 is 0 Å². The molecule has 0 bridgehead atoms. The molecule has 7 N–H and O–H groups in total. The van der Waals surface area contributed by atoms with Gasteiger partial charge < -0.3 is 36.0 Å². The maximum absolute atomic E-state index is 12.4. The lowest BCUT2D eigenvalue weighted by Crippen LogP contribution is -2.62. The van der Waals surface area contributed by atoms with Crippen molar-refractivity contribution in [3.63, 3.8) is 0 Å². The molecule has 3 fully saturated rings. The fourth-order valence-electron chi connectivity index (χ4n) is 8.34. The summed E-state index contributed by atoms with van der Waals surface area (Å²) in [5, 5.41) is 62.2. The van der Waals surface area contributed by atoms with Crippen molar-refractivity contribution in [2.24, 2.45) is 28.6 Å². The van der Waals surface area contributed by atoms with Gasteiger partial charge in [-0.3, -0.25) is 9.59 Å². The van der Waals surface area contributed by atoms with Crippen molar-refractivity contribution >= 4 is 11.6 Å². The SMILES string of the molecule is CNC[C@H](O)c1ccc(O)c(O)c1.C[C@]12CCC(=O)C=C1CC[C@@H]1[C@@H]2[C@@H](O)C[C@@]2(C)[C@H]1CC[C@]2(O)C(=O)CO. The van der Waals surface area contributed by atoms with E-state index in [1.54, 1.807) is 19.2 Å². The number of likely N-dealkylation sites (N-methyl/N-ethyl adjacent to an activating group) is 1. The molecule has 0 amide bonds. The first-order valence-corrected chi connectivity index (χ1v) is 14.0. The van der Waals surface area contributed by atoms with E-state index in [0.717, 1.165) is 25.7 Å². The normalized spacial score (nSPS) is 37.9. The zero-order chi connectivity index (χ0) is 28.8. The van der Waals surface area contributed by atoms with E-state index < -0.39 is 35.6 Å². The molecular formula is C30H43NO8. The molecule has 8 atom stereocenters. The van der Waals surface area contributed by atoms with Crippen molar-refractivity contribution in [2.75, 3.05) is 20.2 Å². The number of ketones is 2. The van der Waals surface area contributed by atoms with Gasteiger partial charge in [-0.2, -0.15) is 0 Å². The van der Waals surface area contributed by atoms with Crippen molar-refractivity contribution in [1.82, 2.24) is 5.32 Å². The Morgan fingerprint density at radius 1 is 1.13 bits per heavy atom. The predicted octanol–water partition coefficient (Wildman–Crippen LogP) is 2.13. The zero-order valence-corrected chi connectivity index (χ0v) is 23.1. The number of benzene rings is 1. The van der Waals surface area contributed by atoms with Crippen LogP contribution in [0.5, 0.6) is 11.5 Å². The summed E-state index contributed by atoms with van der Waals surface area (Å²) in [5.41, 5.74) is -0.658. The van der Waals surface area contributed by atoms with E-state index >= 15 is 0 Å². The second kappa shape index (κ2) is 10.9. The largest absolute Gasteiger partial charge is 0.504 e. The van der Waals surface area contributed by atoms with Crippen molar-refractivity contribution in [3.05, 3.63) is 35.4 Å². The summed E-state index contributed by atoms with van der Waals surface area (Å²) < 4.78 is 0. The lowest BCUT2D eigenvalue weighted by Gasteiger charge is -2.60. The number of phenolic OH excluding ortho intramolecular Hbond substituents is 2. The van der Waals surface area contributed by atoms with Crippen LogP contribution in [0.2, 0.25) is 0 Å². The summed E-state index contributed by atoms with van der Waals surface area (Å²) >= 11 is 0. The average Bonchev–Trinajstić information content (AvgIpc) is 3.16. The number of hydrogen-bond acceptors (Lipinski definition) is 9. The highest BCUT2D eigenvalue weighted by atomic mass is 16.3. The molecule has 0 aliphatic heterocycles. The van der Waals surface area contributed by atoms with Gasteiger partial charge in [0.2, 0.25) is 0 Å². The Morgan fingerprint density at radius 2 is 1.85 bits per heavy atom. The van der Waals surface area contributed by atoms with Crippen LogP contribution in [0.15, 0.2) is 29.8 Å². The van der Waals surface area contributed by atoms with Crippen LogP contribution in [-0.4, -0.2) is 74.1 Å². The minimum atomic E-state index is -1.54. The number of hydrogen-bond donors (Lipinski definition) is 7. The third-order valence-corrected chi connectivity index (χ3v) is 10.4. The van der Waals surface area contributed by atoms with E-state index in [1.165, 1.54) is 17.7 Å². The number of aliphatic hydroxyl groups is 4. The summed E-state index contributed by atoms with van der Waals surface area (Å²) in [6.07, 6.45) is 5.07.